The minimum absolute atomic E-state index is 0.0477. The zero-order valence-electron chi connectivity index (χ0n) is 14.3. The number of fused-ring (bicyclic) bond motifs is 1. The molecule has 2 aliphatic rings. The van der Waals surface area contributed by atoms with Crippen LogP contribution in [0.15, 0.2) is 0 Å². The van der Waals surface area contributed by atoms with E-state index in [1.807, 2.05) is 0 Å². The summed E-state index contributed by atoms with van der Waals surface area (Å²) in [4.78, 5) is 28.9. The van der Waals surface area contributed by atoms with Crippen molar-refractivity contribution in [2.24, 2.45) is 0 Å². The molecule has 0 aromatic heterocycles. The Labute approximate surface area is 156 Å². The fraction of sp³-hybridized carbons (Fsp3) is 1.00. The van der Waals surface area contributed by atoms with Crippen molar-refractivity contribution in [2.75, 3.05) is 26.4 Å². The molecule has 0 bridgehead atoms. The van der Waals surface area contributed by atoms with Gasteiger partial charge in [0.25, 0.3) is 10.2 Å². The molecule has 16 nitrogen and oxygen atoms in total. The second kappa shape index (κ2) is 11.2. The molecule has 0 amide bonds. The van der Waals surface area contributed by atoms with Gasteiger partial charge in [-0.05, 0) is 0 Å². The molecule has 2 fully saturated rings. The lowest BCUT2D eigenvalue weighted by Gasteiger charge is -2.24. The van der Waals surface area contributed by atoms with Gasteiger partial charge in [0.15, 0.2) is 12.2 Å². The molecule has 0 radical (unpaired) electrons. The second-order valence-corrected chi connectivity index (χ2v) is 5.81. The van der Waals surface area contributed by atoms with E-state index in [0.717, 1.165) is 0 Å². The number of rotatable bonds is 9. The lowest BCUT2D eigenvalue weighted by molar-refractivity contribution is -0.769. The number of aliphatic hydroxyl groups excluding tert-OH is 6. The molecule has 16 heteroatoms. The van der Waals surface area contributed by atoms with Crippen LogP contribution < -0.4 is 0 Å². The van der Waals surface area contributed by atoms with Gasteiger partial charge < -0.3 is 49.8 Å². The summed E-state index contributed by atoms with van der Waals surface area (Å²) in [7, 11) is 0. The van der Waals surface area contributed by atoms with E-state index >= 15 is 0 Å². The van der Waals surface area contributed by atoms with Crippen LogP contribution >= 0.6 is 0 Å². The largest absolute Gasteiger partial charge is 0.394 e. The van der Waals surface area contributed by atoms with Gasteiger partial charge in [-0.3, -0.25) is 0 Å². The first-order valence-electron chi connectivity index (χ1n) is 7.91. The van der Waals surface area contributed by atoms with Gasteiger partial charge in [-0.25, -0.2) is 0 Å². The third-order valence-corrected chi connectivity index (χ3v) is 3.92. The Morgan fingerprint density at radius 1 is 0.821 bits per heavy atom. The summed E-state index contributed by atoms with van der Waals surface area (Å²) in [6.07, 6.45) is -9.51. The number of hydrogen-bond acceptors (Lipinski definition) is 14. The molecule has 0 aromatic carbocycles. The second-order valence-electron chi connectivity index (χ2n) is 5.81. The maximum absolute atomic E-state index is 10.1. The van der Waals surface area contributed by atoms with Crippen LogP contribution in [0.1, 0.15) is 0 Å². The van der Waals surface area contributed by atoms with Crippen molar-refractivity contribution in [3.63, 3.8) is 0 Å². The SMILES string of the molecule is O=[N+]([O-])O[C@H]1CO[C@H]2[C@@H]1OC[C@H]2O[N+](=O)[O-].OC[C@@H](O)[C@@H](O)[C@H](O)[C@H](O)CO. The maximum Gasteiger partial charge on any atom is 0.294 e. The Hall–Kier alpha value is -1.92. The average Bonchev–Trinajstić information content (AvgIpc) is 3.22. The summed E-state index contributed by atoms with van der Waals surface area (Å²) in [6.45, 7) is -1.55. The van der Waals surface area contributed by atoms with Crippen molar-refractivity contribution in [3.05, 3.63) is 20.2 Å². The Kier molecular flexibility index (Phi) is 9.62. The van der Waals surface area contributed by atoms with E-state index in [2.05, 4.69) is 9.68 Å². The molecular weight excluding hydrogens is 396 g/mol. The van der Waals surface area contributed by atoms with Crippen LogP contribution in [0.3, 0.4) is 0 Å². The van der Waals surface area contributed by atoms with Crippen molar-refractivity contribution in [3.8, 4) is 0 Å². The van der Waals surface area contributed by atoms with Gasteiger partial charge in [-0.2, -0.15) is 0 Å². The zero-order chi connectivity index (χ0) is 21.4. The first kappa shape index (κ1) is 24.1. The number of hydrogen-bond donors (Lipinski definition) is 6. The summed E-state index contributed by atoms with van der Waals surface area (Å²) in [6, 6.07) is 0. The highest BCUT2D eigenvalue weighted by molar-refractivity contribution is 4.94. The molecule has 28 heavy (non-hydrogen) atoms. The minimum Gasteiger partial charge on any atom is -0.394 e. The van der Waals surface area contributed by atoms with E-state index < -0.39 is 72.2 Å². The highest BCUT2D eigenvalue weighted by atomic mass is 17.0. The first-order chi connectivity index (χ1) is 13.1. The zero-order valence-corrected chi connectivity index (χ0v) is 14.3. The van der Waals surface area contributed by atoms with E-state index in [0.29, 0.717) is 0 Å². The molecule has 2 heterocycles. The van der Waals surface area contributed by atoms with Crippen LogP contribution in [-0.2, 0) is 19.1 Å². The van der Waals surface area contributed by atoms with Crippen LogP contribution in [0.2, 0.25) is 0 Å². The molecule has 8 atom stereocenters. The molecule has 0 unspecified atom stereocenters. The summed E-state index contributed by atoms with van der Waals surface area (Å²) < 4.78 is 10.2. The smallest absolute Gasteiger partial charge is 0.294 e. The average molecular weight is 418 g/mol. The molecule has 164 valence electrons. The van der Waals surface area contributed by atoms with Crippen LogP contribution in [-0.4, -0.2) is 116 Å². The van der Waals surface area contributed by atoms with Gasteiger partial charge in [0.05, 0.1) is 26.4 Å². The van der Waals surface area contributed by atoms with Crippen molar-refractivity contribution in [1.29, 1.82) is 0 Å². The standard InChI is InChI=1S/C6H8N2O8.C6H14O6/c9-7(10)15-3-1-13-6-4(16-8(11)12)2-14-5(3)6;7-1-3(9)5(11)6(12)4(10)2-8/h3-6H,1-2H2;3-12H,1-2H2/t3-,4+,5-,6-;3-,4-,5-,6-/m11/s1. The first-order valence-corrected chi connectivity index (χ1v) is 7.91. The molecule has 6 N–H and O–H groups in total. The molecule has 2 rings (SSSR count). The number of aliphatic hydroxyl groups is 6. The van der Waals surface area contributed by atoms with Crippen LogP contribution in [0, 0.1) is 20.2 Å². The lowest BCUT2D eigenvalue weighted by Crippen LogP contribution is -2.46. The van der Waals surface area contributed by atoms with E-state index in [9.17, 15) is 20.2 Å². The topological polar surface area (TPSA) is 245 Å². The van der Waals surface area contributed by atoms with E-state index in [1.165, 1.54) is 0 Å². The van der Waals surface area contributed by atoms with E-state index in [1.54, 1.807) is 0 Å². The highest BCUT2D eigenvalue weighted by Crippen LogP contribution is 2.30. The Morgan fingerprint density at radius 3 is 1.39 bits per heavy atom. The summed E-state index contributed by atoms with van der Waals surface area (Å²) >= 11 is 0. The van der Waals surface area contributed by atoms with Crippen LogP contribution in [0.25, 0.3) is 0 Å². The Balaban J connectivity index is 0.000000295. The fourth-order valence-electron chi connectivity index (χ4n) is 2.50. The lowest BCUT2D eigenvalue weighted by atomic mass is 10.0. The Bertz CT molecular complexity index is 465. The predicted octanol–water partition coefficient (Wildman–Crippen LogP) is -4.65. The minimum atomic E-state index is -1.67. The quantitative estimate of drug-likeness (QED) is 0.152. The van der Waals surface area contributed by atoms with Gasteiger partial charge >= 0.3 is 0 Å². The molecule has 0 aromatic rings. The van der Waals surface area contributed by atoms with E-state index in [4.69, 9.17) is 40.1 Å². The van der Waals surface area contributed by atoms with Gasteiger partial charge in [0.1, 0.15) is 36.6 Å². The van der Waals surface area contributed by atoms with Gasteiger partial charge in [0.2, 0.25) is 0 Å². The van der Waals surface area contributed by atoms with Crippen molar-refractivity contribution in [1.82, 2.24) is 0 Å². The molecule has 0 spiro atoms. The molecule has 0 saturated carbocycles. The third kappa shape index (κ3) is 6.60. The molecule has 0 aliphatic carbocycles. The summed E-state index contributed by atoms with van der Waals surface area (Å²) in [5.74, 6) is 0. The molecular formula is C12H22N2O14. The van der Waals surface area contributed by atoms with Crippen molar-refractivity contribution >= 4 is 0 Å². The van der Waals surface area contributed by atoms with Gasteiger partial charge in [0, 0.05) is 0 Å². The van der Waals surface area contributed by atoms with Crippen LogP contribution in [0.5, 0.6) is 0 Å². The number of nitrogens with zero attached hydrogens (tertiary/aromatic N) is 2. The van der Waals surface area contributed by atoms with Crippen molar-refractivity contribution < 1.29 is 60.0 Å². The molecule has 2 aliphatic heterocycles. The Morgan fingerprint density at radius 2 is 1.14 bits per heavy atom. The predicted molar refractivity (Wildman–Crippen MR) is 81.4 cm³/mol. The maximum atomic E-state index is 10.1. The highest BCUT2D eigenvalue weighted by Gasteiger charge is 2.51. The van der Waals surface area contributed by atoms with Gasteiger partial charge in [-0.1, -0.05) is 0 Å². The van der Waals surface area contributed by atoms with Crippen LogP contribution in [0.4, 0.5) is 0 Å². The van der Waals surface area contributed by atoms with Gasteiger partial charge in [-0.15, -0.1) is 20.2 Å². The number of ether oxygens (including phenoxy) is 2. The van der Waals surface area contributed by atoms with Crippen molar-refractivity contribution in [2.45, 2.75) is 48.8 Å². The fourth-order valence-corrected chi connectivity index (χ4v) is 2.50. The van der Waals surface area contributed by atoms with E-state index in [-0.39, 0.29) is 13.2 Å². The third-order valence-electron chi connectivity index (χ3n) is 3.92. The monoisotopic (exact) mass is 418 g/mol. The molecule has 2 saturated heterocycles. The normalized spacial score (nSPS) is 30.2. The summed E-state index contributed by atoms with van der Waals surface area (Å²) in [5.41, 5.74) is 0. The summed E-state index contributed by atoms with van der Waals surface area (Å²) in [5, 5.41) is 70.6.